The molecule has 4 heterocycles. The summed E-state index contributed by atoms with van der Waals surface area (Å²) in [6.45, 7) is 5.34. The Bertz CT molecular complexity index is 791. The van der Waals surface area contributed by atoms with E-state index in [1.54, 1.807) is 6.33 Å². The molecule has 0 N–H and O–H groups in total. The fourth-order valence-corrected chi connectivity index (χ4v) is 4.54. The Morgan fingerprint density at radius 1 is 0.963 bits per heavy atom. The average Bonchev–Trinajstić information content (AvgIpc) is 3.33. The predicted molar refractivity (Wildman–Crippen MR) is 104 cm³/mol. The highest BCUT2D eigenvalue weighted by Gasteiger charge is 2.29. The first-order chi connectivity index (χ1) is 13.3. The lowest BCUT2D eigenvalue weighted by Gasteiger charge is -2.33. The van der Waals surface area contributed by atoms with Crippen LogP contribution in [0.1, 0.15) is 67.7 Å². The fourth-order valence-electron chi connectivity index (χ4n) is 4.54. The van der Waals surface area contributed by atoms with Gasteiger partial charge in [0.2, 0.25) is 0 Å². The summed E-state index contributed by atoms with van der Waals surface area (Å²) in [5.41, 5.74) is 1.22. The van der Waals surface area contributed by atoms with Gasteiger partial charge >= 0.3 is 0 Å². The largest absolute Gasteiger partial charge is 0.356 e. The Balaban J connectivity index is 1.31. The Morgan fingerprint density at radius 3 is 2.63 bits per heavy atom. The number of likely N-dealkylation sites (tertiary alicyclic amines) is 1. The third-order valence-electron chi connectivity index (χ3n) is 6.34. The van der Waals surface area contributed by atoms with Crippen LogP contribution in [0.4, 0.5) is 5.82 Å². The van der Waals surface area contributed by atoms with Gasteiger partial charge in [-0.3, -0.25) is 4.90 Å². The minimum absolute atomic E-state index is 0.419. The first-order valence-corrected chi connectivity index (χ1v) is 10.5. The lowest BCUT2D eigenvalue weighted by Crippen LogP contribution is -2.36. The molecular weight excluding hydrogens is 338 g/mol. The van der Waals surface area contributed by atoms with Crippen LogP contribution in [0.15, 0.2) is 12.4 Å². The van der Waals surface area contributed by atoms with Gasteiger partial charge in [-0.05, 0) is 51.6 Å². The van der Waals surface area contributed by atoms with Crippen molar-refractivity contribution < 1.29 is 0 Å². The van der Waals surface area contributed by atoms with E-state index in [1.165, 1.54) is 57.3 Å². The van der Waals surface area contributed by atoms with E-state index in [4.69, 9.17) is 0 Å². The minimum Gasteiger partial charge on any atom is -0.356 e. The van der Waals surface area contributed by atoms with E-state index in [0.717, 1.165) is 37.1 Å². The number of rotatable bonds is 5. The second kappa shape index (κ2) is 7.19. The molecule has 1 aliphatic carbocycles. The van der Waals surface area contributed by atoms with E-state index < -0.39 is 0 Å². The first-order valence-electron chi connectivity index (χ1n) is 10.5. The maximum atomic E-state index is 4.59. The molecule has 3 fully saturated rings. The zero-order valence-corrected chi connectivity index (χ0v) is 16.2. The summed E-state index contributed by atoms with van der Waals surface area (Å²) in [5, 5.41) is 9.12. The van der Waals surface area contributed by atoms with Crippen molar-refractivity contribution in [3.8, 4) is 0 Å². The van der Waals surface area contributed by atoms with Crippen molar-refractivity contribution in [3.63, 3.8) is 0 Å². The summed E-state index contributed by atoms with van der Waals surface area (Å²) in [4.78, 5) is 13.9. The number of aromatic nitrogens is 5. The predicted octanol–water partition coefficient (Wildman–Crippen LogP) is 2.46. The van der Waals surface area contributed by atoms with Gasteiger partial charge in [0.15, 0.2) is 0 Å². The van der Waals surface area contributed by atoms with Crippen LogP contribution in [0.2, 0.25) is 0 Å². The molecule has 7 heteroatoms. The third kappa shape index (κ3) is 3.57. The SMILES string of the molecule is Cn1c(CN2CCCC2)nnc1C1CCCN(c2cc(C3CC3)ncn2)C1. The van der Waals surface area contributed by atoms with Crippen LogP contribution >= 0.6 is 0 Å². The molecule has 0 aromatic carbocycles. The first kappa shape index (κ1) is 17.1. The smallest absolute Gasteiger partial charge is 0.146 e. The quantitative estimate of drug-likeness (QED) is 0.809. The second-order valence-electron chi connectivity index (χ2n) is 8.38. The van der Waals surface area contributed by atoms with Gasteiger partial charge < -0.3 is 9.47 Å². The molecule has 144 valence electrons. The van der Waals surface area contributed by atoms with Crippen molar-refractivity contribution in [2.75, 3.05) is 31.1 Å². The molecule has 7 nitrogen and oxygen atoms in total. The van der Waals surface area contributed by atoms with Crippen LogP contribution in [0.5, 0.6) is 0 Å². The van der Waals surface area contributed by atoms with Crippen molar-refractivity contribution in [2.45, 2.75) is 56.9 Å². The van der Waals surface area contributed by atoms with Crippen LogP contribution in [0.25, 0.3) is 0 Å². The minimum atomic E-state index is 0.419. The summed E-state index contributed by atoms with van der Waals surface area (Å²) in [7, 11) is 2.13. The van der Waals surface area contributed by atoms with Gasteiger partial charge in [-0.15, -0.1) is 10.2 Å². The number of nitrogens with zero attached hydrogens (tertiary/aromatic N) is 7. The summed E-state index contributed by atoms with van der Waals surface area (Å²) in [6, 6.07) is 2.20. The molecule has 5 rings (SSSR count). The number of hydrogen-bond donors (Lipinski definition) is 0. The lowest BCUT2D eigenvalue weighted by atomic mass is 9.97. The Labute approximate surface area is 160 Å². The monoisotopic (exact) mass is 367 g/mol. The van der Waals surface area contributed by atoms with Gasteiger partial charge in [0, 0.05) is 43.7 Å². The highest BCUT2D eigenvalue weighted by atomic mass is 15.3. The van der Waals surface area contributed by atoms with Crippen LogP contribution in [-0.2, 0) is 13.6 Å². The zero-order valence-electron chi connectivity index (χ0n) is 16.2. The molecule has 0 spiro atoms. The standard InChI is InChI=1S/C20H29N7/c1-25-19(13-26-8-2-3-9-26)23-24-20(25)16-5-4-10-27(12-16)18-11-17(15-6-7-15)21-14-22-18/h11,14-16H,2-10,12-13H2,1H3. The molecule has 1 atom stereocenters. The van der Waals surface area contributed by atoms with Gasteiger partial charge in [-0.2, -0.15) is 0 Å². The van der Waals surface area contributed by atoms with Gasteiger partial charge in [-0.25, -0.2) is 9.97 Å². The number of piperidine rings is 1. The van der Waals surface area contributed by atoms with Gasteiger partial charge in [0.05, 0.1) is 6.54 Å². The molecule has 2 aromatic rings. The fraction of sp³-hybridized carbons (Fsp3) is 0.700. The van der Waals surface area contributed by atoms with Crippen molar-refractivity contribution in [1.82, 2.24) is 29.6 Å². The lowest BCUT2D eigenvalue weighted by molar-refractivity contribution is 0.317. The Kier molecular flexibility index (Phi) is 4.55. The third-order valence-corrected chi connectivity index (χ3v) is 6.34. The summed E-state index contributed by atoms with van der Waals surface area (Å²) >= 11 is 0. The average molecular weight is 368 g/mol. The molecule has 2 aromatic heterocycles. The van der Waals surface area contributed by atoms with E-state index in [-0.39, 0.29) is 0 Å². The van der Waals surface area contributed by atoms with Crippen LogP contribution in [0.3, 0.4) is 0 Å². The van der Waals surface area contributed by atoms with E-state index in [2.05, 4.69) is 47.6 Å². The molecule has 3 aliphatic rings. The van der Waals surface area contributed by atoms with E-state index in [9.17, 15) is 0 Å². The van der Waals surface area contributed by atoms with Crippen LogP contribution in [0, 0.1) is 0 Å². The van der Waals surface area contributed by atoms with E-state index in [0.29, 0.717) is 11.8 Å². The number of hydrogen-bond acceptors (Lipinski definition) is 6. The van der Waals surface area contributed by atoms with Gasteiger partial charge in [0.25, 0.3) is 0 Å². The summed E-state index contributed by atoms with van der Waals surface area (Å²) in [5.74, 6) is 4.39. The van der Waals surface area contributed by atoms with Crippen molar-refractivity contribution >= 4 is 5.82 Å². The highest BCUT2D eigenvalue weighted by molar-refractivity contribution is 5.41. The molecule has 2 saturated heterocycles. The molecule has 0 radical (unpaired) electrons. The summed E-state index contributed by atoms with van der Waals surface area (Å²) in [6.07, 6.45) is 9.25. The molecule has 0 amide bonds. The highest BCUT2D eigenvalue weighted by Crippen LogP contribution is 2.40. The zero-order chi connectivity index (χ0) is 18.2. The van der Waals surface area contributed by atoms with Crippen LogP contribution in [-0.4, -0.2) is 55.8 Å². The van der Waals surface area contributed by atoms with Crippen LogP contribution < -0.4 is 4.90 Å². The van der Waals surface area contributed by atoms with Crippen molar-refractivity contribution in [3.05, 3.63) is 29.7 Å². The Hall–Kier alpha value is -2.02. The maximum absolute atomic E-state index is 4.59. The molecular formula is C20H29N7. The topological polar surface area (TPSA) is 63.0 Å². The summed E-state index contributed by atoms with van der Waals surface area (Å²) < 4.78 is 2.24. The van der Waals surface area contributed by atoms with Crippen molar-refractivity contribution in [1.29, 1.82) is 0 Å². The van der Waals surface area contributed by atoms with E-state index >= 15 is 0 Å². The van der Waals surface area contributed by atoms with Gasteiger partial charge in [0.1, 0.15) is 23.8 Å². The molecule has 0 bridgehead atoms. The maximum Gasteiger partial charge on any atom is 0.146 e. The van der Waals surface area contributed by atoms with Crippen molar-refractivity contribution in [2.24, 2.45) is 7.05 Å². The molecule has 1 saturated carbocycles. The number of anilines is 1. The molecule has 2 aliphatic heterocycles. The van der Waals surface area contributed by atoms with E-state index in [1.807, 2.05) is 0 Å². The molecule has 27 heavy (non-hydrogen) atoms. The van der Waals surface area contributed by atoms with Gasteiger partial charge in [-0.1, -0.05) is 0 Å². The normalized spacial score (nSPS) is 23.9. The molecule has 1 unspecified atom stereocenters. The second-order valence-corrected chi connectivity index (χ2v) is 8.38. The Morgan fingerprint density at radius 2 is 1.81 bits per heavy atom.